The van der Waals surface area contributed by atoms with Gasteiger partial charge in [0.15, 0.2) is 5.76 Å². The van der Waals surface area contributed by atoms with Crippen LogP contribution in [-0.4, -0.2) is 42.9 Å². The van der Waals surface area contributed by atoms with Crippen LogP contribution in [0.25, 0.3) is 5.76 Å². The SMILES string of the molecule is C1=C(c2ccccc2)ONN1CN1CCOCC1. The van der Waals surface area contributed by atoms with Crippen LogP contribution in [0.1, 0.15) is 5.56 Å². The van der Waals surface area contributed by atoms with Crippen LogP contribution in [0.4, 0.5) is 0 Å². The van der Waals surface area contributed by atoms with Gasteiger partial charge in [0.1, 0.15) is 0 Å². The minimum Gasteiger partial charge on any atom is -0.387 e. The highest BCUT2D eigenvalue weighted by molar-refractivity contribution is 5.59. The number of hydrazine groups is 1. The van der Waals surface area contributed by atoms with Gasteiger partial charge in [0, 0.05) is 18.7 Å². The lowest BCUT2D eigenvalue weighted by atomic mass is 10.2. The monoisotopic (exact) mass is 247 g/mol. The average molecular weight is 247 g/mol. The Balaban J connectivity index is 1.61. The molecule has 5 heteroatoms. The topological polar surface area (TPSA) is 37.0 Å². The molecule has 0 spiro atoms. The van der Waals surface area contributed by atoms with Gasteiger partial charge in [0.25, 0.3) is 0 Å². The van der Waals surface area contributed by atoms with E-state index in [-0.39, 0.29) is 0 Å². The number of nitrogens with zero attached hydrogens (tertiary/aromatic N) is 2. The standard InChI is InChI=1S/C13H17N3O2/c1-2-4-12(5-3-1)13-10-16(14-18-13)11-15-6-8-17-9-7-15/h1-5,10,14H,6-9,11H2. The lowest BCUT2D eigenvalue weighted by molar-refractivity contribution is -0.0256. The number of hydrogen-bond donors (Lipinski definition) is 1. The zero-order valence-electron chi connectivity index (χ0n) is 10.2. The van der Waals surface area contributed by atoms with E-state index in [0.29, 0.717) is 0 Å². The Morgan fingerprint density at radius 1 is 1.11 bits per heavy atom. The van der Waals surface area contributed by atoms with Gasteiger partial charge in [-0.25, -0.2) is 0 Å². The molecule has 0 bridgehead atoms. The highest BCUT2D eigenvalue weighted by Gasteiger charge is 2.18. The maximum absolute atomic E-state index is 5.47. The lowest BCUT2D eigenvalue weighted by Crippen LogP contribution is -2.44. The van der Waals surface area contributed by atoms with Gasteiger partial charge in [0.05, 0.1) is 26.1 Å². The van der Waals surface area contributed by atoms with Crippen LogP contribution >= 0.6 is 0 Å². The smallest absolute Gasteiger partial charge is 0.174 e. The Kier molecular flexibility index (Phi) is 3.45. The van der Waals surface area contributed by atoms with Crippen LogP contribution in [0.3, 0.4) is 0 Å². The van der Waals surface area contributed by atoms with E-state index < -0.39 is 0 Å². The molecule has 1 saturated heterocycles. The number of ether oxygens (including phenoxy) is 1. The van der Waals surface area contributed by atoms with Crippen molar-refractivity contribution in [3.8, 4) is 0 Å². The molecule has 0 aliphatic carbocycles. The Labute approximate surface area is 107 Å². The zero-order chi connectivity index (χ0) is 12.2. The van der Waals surface area contributed by atoms with E-state index in [1.165, 1.54) is 0 Å². The van der Waals surface area contributed by atoms with Gasteiger partial charge in [-0.2, -0.15) is 0 Å². The molecule has 1 aromatic carbocycles. The summed E-state index contributed by atoms with van der Waals surface area (Å²) >= 11 is 0. The van der Waals surface area contributed by atoms with E-state index in [1.807, 2.05) is 41.5 Å². The molecule has 1 N–H and O–H groups in total. The summed E-state index contributed by atoms with van der Waals surface area (Å²) in [6.07, 6.45) is 1.99. The first-order valence-electron chi connectivity index (χ1n) is 6.18. The molecule has 0 unspecified atom stereocenters. The minimum atomic E-state index is 0.805. The molecule has 0 aromatic heterocycles. The maximum Gasteiger partial charge on any atom is 0.174 e. The van der Waals surface area contributed by atoms with Crippen LogP contribution in [0, 0.1) is 0 Å². The van der Waals surface area contributed by atoms with Crippen LogP contribution in [0.5, 0.6) is 0 Å². The molecule has 0 atom stereocenters. The number of benzene rings is 1. The summed E-state index contributed by atoms with van der Waals surface area (Å²) in [5, 5.41) is 1.95. The van der Waals surface area contributed by atoms with E-state index in [0.717, 1.165) is 44.3 Å². The molecular formula is C13H17N3O2. The van der Waals surface area contributed by atoms with Gasteiger partial charge in [-0.05, 0) is 0 Å². The summed E-state index contributed by atoms with van der Waals surface area (Å²) < 4.78 is 5.33. The second-order valence-electron chi connectivity index (χ2n) is 4.39. The number of hydrogen-bond acceptors (Lipinski definition) is 5. The largest absolute Gasteiger partial charge is 0.387 e. The molecule has 2 aliphatic heterocycles. The molecule has 3 rings (SSSR count). The van der Waals surface area contributed by atoms with Crippen molar-refractivity contribution >= 4 is 5.76 Å². The van der Waals surface area contributed by atoms with Crippen molar-refractivity contribution in [2.75, 3.05) is 33.0 Å². The van der Waals surface area contributed by atoms with Crippen LogP contribution in [-0.2, 0) is 9.57 Å². The Morgan fingerprint density at radius 3 is 2.67 bits per heavy atom. The highest BCUT2D eigenvalue weighted by Crippen LogP contribution is 2.19. The average Bonchev–Trinajstić information content (AvgIpc) is 2.89. The first-order chi connectivity index (χ1) is 8.92. The second kappa shape index (κ2) is 5.39. The first kappa shape index (κ1) is 11.5. The number of rotatable bonds is 3. The minimum absolute atomic E-state index is 0.805. The predicted molar refractivity (Wildman–Crippen MR) is 67.7 cm³/mol. The lowest BCUT2D eigenvalue weighted by Gasteiger charge is -2.29. The molecule has 0 saturated carbocycles. The van der Waals surface area contributed by atoms with Gasteiger partial charge in [-0.15, -0.1) is 0 Å². The van der Waals surface area contributed by atoms with Crippen molar-refractivity contribution in [3.05, 3.63) is 42.1 Å². The van der Waals surface area contributed by atoms with Gasteiger partial charge in [-0.1, -0.05) is 35.9 Å². The summed E-state index contributed by atoms with van der Waals surface area (Å²) in [6.45, 7) is 4.35. The molecule has 5 nitrogen and oxygen atoms in total. The summed E-state index contributed by atoms with van der Waals surface area (Å²) in [6, 6.07) is 10.1. The molecular weight excluding hydrogens is 230 g/mol. The Hall–Kier alpha value is -1.56. The Bertz CT molecular complexity index is 416. The Morgan fingerprint density at radius 2 is 1.89 bits per heavy atom. The molecule has 0 radical (unpaired) electrons. The third-order valence-corrected chi connectivity index (χ3v) is 3.06. The molecule has 2 aliphatic rings. The number of morpholine rings is 1. The summed E-state index contributed by atoms with van der Waals surface area (Å²) in [7, 11) is 0. The van der Waals surface area contributed by atoms with Crippen molar-refractivity contribution in [3.63, 3.8) is 0 Å². The predicted octanol–water partition coefficient (Wildman–Crippen LogP) is 1.03. The summed E-state index contributed by atoms with van der Waals surface area (Å²) in [5.41, 5.74) is 3.99. The van der Waals surface area contributed by atoms with Gasteiger partial charge < -0.3 is 9.57 Å². The van der Waals surface area contributed by atoms with E-state index in [2.05, 4.69) is 10.5 Å². The quantitative estimate of drug-likeness (QED) is 0.863. The van der Waals surface area contributed by atoms with Crippen molar-refractivity contribution in [1.29, 1.82) is 0 Å². The molecule has 96 valence electrons. The molecule has 1 fully saturated rings. The molecule has 0 amide bonds. The number of nitrogens with one attached hydrogen (secondary N) is 1. The van der Waals surface area contributed by atoms with E-state index in [9.17, 15) is 0 Å². The molecule has 2 heterocycles. The van der Waals surface area contributed by atoms with E-state index in [1.54, 1.807) is 0 Å². The molecule has 18 heavy (non-hydrogen) atoms. The van der Waals surface area contributed by atoms with Gasteiger partial charge in [-0.3, -0.25) is 9.91 Å². The first-order valence-corrected chi connectivity index (χ1v) is 6.18. The van der Waals surface area contributed by atoms with Crippen LogP contribution in [0.15, 0.2) is 36.5 Å². The second-order valence-corrected chi connectivity index (χ2v) is 4.39. The summed E-state index contributed by atoms with van der Waals surface area (Å²) in [4.78, 5) is 7.80. The normalized spacial score (nSPS) is 20.7. The fourth-order valence-corrected chi connectivity index (χ4v) is 2.07. The van der Waals surface area contributed by atoms with E-state index >= 15 is 0 Å². The van der Waals surface area contributed by atoms with E-state index in [4.69, 9.17) is 9.57 Å². The molecule has 1 aromatic rings. The van der Waals surface area contributed by atoms with Gasteiger partial charge in [0.2, 0.25) is 0 Å². The third-order valence-electron chi connectivity index (χ3n) is 3.06. The van der Waals surface area contributed by atoms with Crippen LogP contribution in [0.2, 0.25) is 0 Å². The zero-order valence-corrected chi connectivity index (χ0v) is 10.2. The van der Waals surface area contributed by atoms with Crippen molar-refractivity contribution in [2.45, 2.75) is 0 Å². The summed E-state index contributed by atoms with van der Waals surface area (Å²) in [5.74, 6) is 0.851. The fourth-order valence-electron chi connectivity index (χ4n) is 2.07. The third kappa shape index (κ3) is 2.64. The van der Waals surface area contributed by atoms with Crippen molar-refractivity contribution < 1.29 is 9.57 Å². The maximum atomic E-state index is 5.47. The van der Waals surface area contributed by atoms with Crippen molar-refractivity contribution in [2.24, 2.45) is 0 Å². The van der Waals surface area contributed by atoms with Crippen molar-refractivity contribution in [1.82, 2.24) is 15.5 Å². The highest BCUT2D eigenvalue weighted by atomic mass is 16.7. The van der Waals surface area contributed by atoms with Gasteiger partial charge >= 0.3 is 0 Å². The fraction of sp³-hybridized carbons (Fsp3) is 0.385. The van der Waals surface area contributed by atoms with Crippen LogP contribution < -0.4 is 5.59 Å².